The minimum Gasteiger partial charge on any atom is -0.508 e. The van der Waals surface area contributed by atoms with Crippen molar-refractivity contribution < 1.29 is 24.2 Å². The number of nitrogens with zero attached hydrogens (tertiary/aromatic N) is 1. The van der Waals surface area contributed by atoms with E-state index in [0.29, 0.717) is 17.9 Å². The summed E-state index contributed by atoms with van der Waals surface area (Å²) in [5, 5.41) is 16.3. The number of carbonyl (C=O) groups is 3. The highest BCUT2D eigenvalue weighted by molar-refractivity contribution is 5.92. The van der Waals surface area contributed by atoms with Crippen molar-refractivity contribution in [1.82, 2.24) is 15.5 Å². The standard InChI is InChI=1S/C30H43N3O5/c1-20(2)17-18-21(3)33(28(36)22(4)32-29(37)38-30(5,6)7)26(24-15-11-12-16-25(24)34)27(35)31-19-23-13-9-8-10-14-23/h8-16,20-22,26,34H,17-19H2,1-7H3,(H,31,35)(H,32,37). The summed E-state index contributed by atoms with van der Waals surface area (Å²) in [7, 11) is 0. The molecular weight excluding hydrogens is 482 g/mol. The molecule has 0 saturated carbocycles. The predicted octanol–water partition coefficient (Wildman–Crippen LogP) is 5.32. The fraction of sp³-hybridized carbons (Fsp3) is 0.500. The summed E-state index contributed by atoms with van der Waals surface area (Å²) >= 11 is 0. The van der Waals surface area contributed by atoms with Crippen molar-refractivity contribution >= 4 is 17.9 Å². The van der Waals surface area contributed by atoms with Gasteiger partial charge in [0.1, 0.15) is 23.4 Å². The first-order chi connectivity index (χ1) is 17.8. The topological polar surface area (TPSA) is 108 Å². The summed E-state index contributed by atoms with van der Waals surface area (Å²) in [4.78, 5) is 41.6. The number of nitrogens with one attached hydrogen (secondary N) is 2. The smallest absolute Gasteiger partial charge is 0.408 e. The van der Waals surface area contributed by atoms with Gasteiger partial charge < -0.3 is 25.4 Å². The normalized spacial score (nSPS) is 13.8. The third-order valence-electron chi connectivity index (χ3n) is 6.06. The molecule has 8 heteroatoms. The summed E-state index contributed by atoms with van der Waals surface area (Å²) < 4.78 is 5.34. The Kier molecular flexibility index (Phi) is 11.2. The maximum Gasteiger partial charge on any atom is 0.408 e. The number of amides is 3. The summed E-state index contributed by atoms with van der Waals surface area (Å²) in [5.74, 6) is -0.573. The van der Waals surface area contributed by atoms with E-state index in [9.17, 15) is 19.5 Å². The Morgan fingerprint density at radius 2 is 1.53 bits per heavy atom. The second-order valence-electron chi connectivity index (χ2n) is 11.1. The molecule has 0 spiro atoms. The van der Waals surface area contributed by atoms with E-state index in [2.05, 4.69) is 24.5 Å². The van der Waals surface area contributed by atoms with Crippen LogP contribution in [0.4, 0.5) is 4.79 Å². The molecule has 38 heavy (non-hydrogen) atoms. The van der Waals surface area contributed by atoms with Crippen molar-refractivity contribution in [3.05, 3.63) is 65.7 Å². The van der Waals surface area contributed by atoms with E-state index in [4.69, 9.17) is 4.74 Å². The Labute approximate surface area is 226 Å². The van der Waals surface area contributed by atoms with Gasteiger partial charge in [-0.15, -0.1) is 0 Å². The number of benzene rings is 2. The molecule has 208 valence electrons. The van der Waals surface area contributed by atoms with Gasteiger partial charge in [0.15, 0.2) is 0 Å². The molecular formula is C30H43N3O5. The molecule has 8 nitrogen and oxygen atoms in total. The number of ether oxygens (including phenoxy) is 1. The monoisotopic (exact) mass is 525 g/mol. The third kappa shape index (κ3) is 9.39. The van der Waals surface area contributed by atoms with Crippen LogP contribution < -0.4 is 10.6 Å². The van der Waals surface area contributed by atoms with Gasteiger partial charge in [-0.05, 0) is 65.0 Å². The molecule has 2 rings (SSSR count). The van der Waals surface area contributed by atoms with Gasteiger partial charge in [0, 0.05) is 18.2 Å². The van der Waals surface area contributed by atoms with E-state index in [1.807, 2.05) is 37.3 Å². The molecule has 2 aromatic rings. The first-order valence-electron chi connectivity index (χ1n) is 13.2. The number of carbonyl (C=O) groups excluding carboxylic acids is 3. The van der Waals surface area contributed by atoms with Crippen LogP contribution in [0.5, 0.6) is 5.75 Å². The predicted molar refractivity (Wildman–Crippen MR) is 148 cm³/mol. The number of hydrogen-bond donors (Lipinski definition) is 3. The lowest BCUT2D eigenvalue weighted by atomic mass is 9.96. The van der Waals surface area contributed by atoms with Crippen molar-refractivity contribution in [2.75, 3.05) is 0 Å². The van der Waals surface area contributed by atoms with Crippen molar-refractivity contribution in [3.8, 4) is 5.75 Å². The summed E-state index contributed by atoms with van der Waals surface area (Å²) in [6, 6.07) is 13.5. The van der Waals surface area contributed by atoms with Gasteiger partial charge in [0.2, 0.25) is 11.8 Å². The molecule has 0 aliphatic rings. The van der Waals surface area contributed by atoms with Crippen LogP contribution in [0.15, 0.2) is 54.6 Å². The first kappa shape index (κ1) is 30.7. The number of alkyl carbamates (subject to hydrolysis) is 1. The average Bonchev–Trinajstić information content (AvgIpc) is 2.84. The molecule has 3 N–H and O–H groups in total. The molecule has 0 heterocycles. The largest absolute Gasteiger partial charge is 0.508 e. The maximum absolute atomic E-state index is 13.9. The lowest BCUT2D eigenvalue weighted by molar-refractivity contribution is -0.145. The van der Waals surface area contributed by atoms with Gasteiger partial charge >= 0.3 is 6.09 Å². The summed E-state index contributed by atoms with van der Waals surface area (Å²) in [6.45, 7) is 13.1. The number of aromatic hydroxyl groups is 1. The van der Waals surface area contributed by atoms with Crippen LogP contribution in [0.2, 0.25) is 0 Å². The molecule has 0 saturated heterocycles. The number of phenols is 1. The van der Waals surface area contributed by atoms with E-state index < -0.39 is 35.6 Å². The van der Waals surface area contributed by atoms with Crippen molar-refractivity contribution in [3.63, 3.8) is 0 Å². The maximum atomic E-state index is 13.9. The number of rotatable bonds is 11. The average molecular weight is 526 g/mol. The Morgan fingerprint density at radius 1 is 0.921 bits per heavy atom. The van der Waals surface area contributed by atoms with E-state index in [-0.39, 0.29) is 18.3 Å². The zero-order valence-corrected chi connectivity index (χ0v) is 23.7. The molecule has 2 aromatic carbocycles. The molecule has 0 fully saturated rings. The van der Waals surface area contributed by atoms with E-state index in [1.54, 1.807) is 45.9 Å². The second kappa shape index (κ2) is 13.8. The van der Waals surface area contributed by atoms with E-state index in [1.165, 1.54) is 11.0 Å². The van der Waals surface area contributed by atoms with Crippen LogP contribution in [0, 0.1) is 5.92 Å². The number of phenolic OH excluding ortho intramolecular Hbond substituents is 1. The van der Waals surface area contributed by atoms with Crippen LogP contribution in [-0.2, 0) is 20.9 Å². The molecule has 3 amide bonds. The minimum absolute atomic E-state index is 0.0889. The van der Waals surface area contributed by atoms with Gasteiger partial charge in [0.25, 0.3) is 0 Å². The zero-order chi connectivity index (χ0) is 28.5. The van der Waals surface area contributed by atoms with Crippen LogP contribution >= 0.6 is 0 Å². The van der Waals surface area contributed by atoms with Crippen molar-refractivity contribution in [2.24, 2.45) is 5.92 Å². The third-order valence-corrected chi connectivity index (χ3v) is 6.06. The molecule has 3 unspecified atom stereocenters. The molecule has 3 atom stereocenters. The fourth-order valence-corrected chi connectivity index (χ4v) is 4.10. The van der Waals surface area contributed by atoms with Gasteiger partial charge in [-0.2, -0.15) is 0 Å². The lowest BCUT2D eigenvalue weighted by Gasteiger charge is -2.38. The highest BCUT2D eigenvalue weighted by Crippen LogP contribution is 2.32. The molecule has 0 aliphatic carbocycles. The lowest BCUT2D eigenvalue weighted by Crippen LogP contribution is -2.54. The molecule has 0 radical (unpaired) electrons. The Balaban J connectivity index is 2.45. The number of hydrogen-bond acceptors (Lipinski definition) is 5. The quantitative estimate of drug-likeness (QED) is 0.368. The molecule has 0 aromatic heterocycles. The summed E-state index contributed by atoms with van der Waals surface area (Å²) in [5.41, 5.74) is 0.488. The van der Waals surface area contributed by atoms with Crippen molar-refractivity contribution in [2.45, 2.75) is 91.6 Å². The molecule has 0 aliphatic heterocycles. The highest BCUT2D eigenvalue weighted by Gasteiger charge is 2.38. The van der Waals surface area contributed by atoms with Crippen molar-refractivity contribution in [1.29, 1.82) is 0 Å². The molecule has 0 bridgehead atoms. The highest BCUT2D eigenvalue weighted by atomic mass is 16.6. The Hall–Kier alpha value is -3.55. The van der Waals surface area contributed by atoms with Gasteiger partial charge in [-0.25, -0.2) is 4.79 Å². The Morgan fingerprint density at radius 3 is 2.11 bits per heavy atom. The SMILES string of the molecule is CC(C)CCC(C)N(C(=O)C(C)NC(=O)OC(C)(C)C)C(C(=O)NCc1ccccc1)c1ccccc1O. The van der Waals surface area contributed by atoms with Crippen LogP contribution in [-0.4, -0.2) is 45.6 Å². The van der Waals surface area contributed by atoms with E-state index in [0.717, 1.165) is 12.0 Å². The minimum atomic E-state index is -1.11. The Bertz CT molecular complexity index is 1070. The number of para-hydroxylation sites is 1. The van der Waals surface area contributed by atoms with Crippen LogP contribution in [0.1, 0.15) is 78.5 Å². The summed E-state index contributed by atoms with van der Waals surface area (Å²) in [6.07, 6.45) is 0.747. The first-order valence-corrected chi connectivity index (χ1v) is 13.2. The van der Waals surface area contributed by atoms with Gasteiger partial charge in [-0.1, -0.05) is 62.4 Å². The second-order valence-corrected chi connectivity index (χ2v) is 11.1. The van der Waals surface area contributed by atoms with Gasteiger partial charge in [0.05, 0.1) is 0 Å². The van der Waals surface area contributed by atoms with Gasteiger partial charge in [-0.3, -0.25) is 9.59 Å². The fourth-order valence-electron chi connectivity index (χ4n) is 4.10. The zero-order valence-electron chi connectivity index (χ0n) is 23.7. The van der Waals surface area contributed by atoms with Crippen LogP contribution in [0.25, 0.3) is 0 Å². The van der Waals surface area contributed by atoms with E-state index >= 15 is 0 Å². The van der Waals surface area contributed by atoms with Crippen LogP contribution in [0.3, 0.4) is 0 Å².